The molecule has 1 fully saturated rings. The number of amides is 2. The average Bonchev–Trinajstić information content (AvgIpc) is 3.12. The first-order valence-corrected chi connectivity index (χ1v) is 8.43. The molecule has 0 aromatic heterocycles. The number of hydrogen-bond donors (Lipinski definition) is 2. The van der Waals surface area contributed by atoms with Gasteiger partial charge in [0.15, 0.2) is 0 Å². The fraction of sp³-hybridized carbons (Fsp3) is 0.733. The molecule has 1 unspecified atom stereocenters. The summed E-state index contributed by atoms with van der Waals surface area (Å²) >= 11 is -2.72. The first-order valence-electron chi connectivity index (χ1n) is 7.36. The van der Waals surface area contributed by atoms with Crippen LogP contribution in [0.4, 0.5) is 0 Å². The second-order valence-corrected chi connectivity index (χ2v) is 7.89. The number of rotatable bonds is 7. The minimum absolute atomic E-state index is 0.284. The lowest BCUT2D eigenvalue weighted by molar-refractivity contribution is -0.140. The van der Waals surface area contributed by atoms with Crippen molar-refractivity contribution >= 4 is 23.1 Å². The maximum absolute atomic E-state index is 12.8. The fourth-order valence-electron chi connectivity index (χ4n) is 2.40. The van der Waals surface area contributed by atoms with E-state index in [2.05, 4.69) is 11.9 Å². The molecule has 0 aromatic rings. The van der Waals surface area contributed by atoms with Crippen LogP contribution in [0.3, 0.4) is 0 Å². The van der Waals surface area contributed by atoms with Crippen molar-refractivity contribution in [1.82, 2.24) is 14.9 Å². The summed E-state index contributed by atoms with van der Waals surface area (Å²) in [6.45, 7) is 11.1. The number of hydrogen-bond acceptors (Lipinski definition) is 5. The Labute approximate surface area is 140 Å². The van der Waals surface area contributed by atoms with Gasteiger partial charge in [0.2, 0.25) is 5.91 Å². The lowest BCUT2D eigenvalue weighted by Gasteiger charge is -2.45. The Morgan fingerprint density at radius 1 is 1.35 bits per heavy atom. The lowest BCUT2D eigenvalue weighted by Crippen LogP contribution is -2.61. The third kappa shape index (κ3) is 3.49. The molecular weight excluding hydrogens is 318 g/mol. The molecule has 132 valence electrons. The van der Waals surface area contributed by atoms with Crippen LogP contribution in [0.15, 0.2) is 12.7 Å². The molecule has 23 heavy (non-hydrogen) atoms. The molecule has 0 radical (unpaired) electrons. The van der Waals surface area contributed by atoms with Crippen molar-refractivity contribution in [3.8, 4) is 0 Å². The van der Waals surface area contributed by atoms with Crippen LogP contribution in [0.2, 0.25) is 0 Å². The van der Waals surface area contributed by atoms with Gasteiger partial charge in [-0.05, 0) is 48.2 Å². The average molecular weight is 344 g/mol. The van der Waals surface area contributed by atoms with Gasteiger partial charge in [0, 0.05) is 22.7 Å². The van der Waals surface area contributed by atoms with Crippen molar-refractivity contribution in [2.75, 3.05) is 14.1 Å². The largest absolute Gasteiger partial charge is 0.755 e. The molecule has 8 heteroatoms. The summed E-state index contributed by atoms with van der Waals surface area (Å²) in [5.41, 5.74) is -2.53. The van der Waals surface area contributed by atoms with Crippen molar-refractivity contribution < 1.29 is 18.4 Å². The van der Waals surface area contributed by atoms with E-state index in [0.29, 0.717) is 6.42 Å². The molecule has 1 saturated carbocycles. The van der Waals surface area contributed by atoms with E-state index >= 15 is 0 Å². The van der Waals surface area contributed by atoms with Crippen molar-refractivity contribution in [1.29, 1.82) is 0 Å². The quantitative estimate of drug-likeness (QED) is 0.512. The van der Waals surface area contributed by atoms with Gasteiger partial charge in [-0.1, -0.05) is 6.08 Å². The van der Waals surface area contributed by atoms with Crippen LogP contribution in [0.1, 0.15) is 34.1 Å². The Balaban J connectivity index is 3.03. The van der Waals surface area contributed by atoms with E-state index in [9.17, 15) is 18.4 Å². The zero-order chi connectivity index (χ0) is 18.2. The van der Waals surface area contributed by atoms with Gasteiger partial charge in [-0.25, -0.2) is 0 Å². The number of nitrogens with one attached hydrogen (secondary N) is 2. The van der Waals surface area contributed by atoms with E-state index in [0.717, 1.165) is 0 Å². The molecule has 2 N–H and O–H groups in total. The number of nitrogens with zero attached hydrogens (tertiary/aromatic N) is 1. The Morgan fingerprint density at radius 3 is 2.22 bits per heavy atom. The maximum Gasteiger partial charge on any atom is 0.257 e. The molecule has 2 amide bonds. The van der Waals surface area contributed by atoms with Gasteiger partial charge < -0.3 is 14.8 Å². The Morgan fingerprint density at radius 2 is 1.87 bits per heavy atom. The standard InChI is InChI=1S/C15H27N3O4S/c1-8-10-9-15(10,12(20)17-23(21)22)16-11(19)13(2,3)14(4,5)18(6)7/h8,10H,1,9H2,2-7H3,(H,16,19)(H,17,20)(H,21,22)/p-1/t10-,15-/m1/s1. The van der Waals surface area contributed by atoms with Gasteiger partial charge in [-0.15, -0.1) is 6.58 Å². The first-order chi connectivity index (χ1) is 10.3. The molecule has 1 aliphatic rings. The van der Waals surface area contributed by atoms with Crippen LogP contribution in [-0.2, 0) is 20.9 Å². The molecule has 0 bridgehead atoms. The Bertz CT molecular complexity index is 545. The van der Waals surface area contributed by atoms with Gasteiger partial charge in [0.05, 0.1) is 5.41 Å². The van der Waals surface area contributed by atoms with E-state index < -0.39 is 33.7 Å². The summed E-state index contributed by atoms with van der Waals surface area (Å²) in [6, 6.07) is 0. The van der Waals surface area contributed by atoms with Crippen LogP contribution in [0.5, 0.6) is 0 Å². The van der Waals surface area contributed by atoms with Crippen molar-refractivity contribution in [3.05, 3.63) is 12.7 Å². The monoisotopic (exact) mass is 344 g/mol. The SMILES string of the molecule is C=C[C@@H]1C[C@]1(NC(=O)C(C)(C)C(C)(C)N(C)C)C(=O)NS(=O)[O-]. The van der Waals surface area contributed by atoms with Gasteiger partial charge in [0.25, 0.3) is 5.91 Å². The maximum atomic E-state index is 12.8. The Hall–Kier alpha value is -1.25. The second-order valence-electron chi connectivity index (χ2n) is 7.22. The van der Waals surface area contributed by atoms with Crippen LogP contribution < -0.4 is 10.0 Å². The molecule has 0 aliphatic heterocycles. The molecule has 3 atom stereocenters. The Kier molecular flexibility index (Phi) is 5.45. The van der Waals surface area contributed by atoms with Gasteiger partial charge in [0.1, 0.15) is 5.54 Å². The van der Waals surface area contributed by atoms with Crippen LogP contribution in [0, 0.1) is 11.3 Å². The van der Waals surface area contributed by atoms with Crippen LogP contribution >= 0.6 is 0 Å². The van der Waals surface area contributed by atoms with E-state index in [1.165, 1.54) is 0 Å². The third-order valence-corrected chi connectivity index (χ3v) is 5.78. The lowest BCUT2D eigenvalue weighted by atomic mass is 9.72. The van der Waals surface area contributed by atoms with Crippen LogP contribution in [-0.4, -0.2) is 50.6 Å². The minimum Gasteiger partial charge on any atom is -0.755 e. The summed E-state index contributed by atoms with van der Waals surface area (Å²) in [5.74, 6) is -1.33. The fourth-order valence-corrected chi connectivity index (χ4v) is 2.73. The summed E-state index contributed by atoms with van der Waals surface area (Å²) in [4.78, 5) is 26.9. The third-order valence-electron chi connectivity index (χ3n) is 5.43. The zero-order valence-electron chi connectivity index (χ0n) is 14.6. The second kappa shape index (κ2) is 6.33. The highest BCUT2D eigenvalue weighted by Crippen LogP contribution is 2.46. The van der Waals surface area contributed by atoms with E-state index in [1.54, 1.807) is 19.9 Å². The zero-order valence-corrected chi connectivity index (χ0v) is 15.4. The summed E-state index contributed by atoms with van der Waals surface area (Å²) in [6.07, 6.45) is 1.89. The van der Waals surface area contributed by atoms with Gasteiger partial charge in [-0.3, -0.25) is 18.5 Å². The van der Waals surface area contributed by atoms with Crippen LogP contribution in [0.25, 0.3) is 0 Å². The predicted octanol–water partition coefficient (Wildman–Crippen LogP) is 0.324. The highest BCUT2D eigenvalue weighted by Gasteiger charge is 2.61. The van der Waals surface area contributed by atoms with Crippen molar-refractivity contribution in [2.45, 2.75) is 45.2 Å². The van der Waals surface area contributed by atoms with Gasteiger partial charge >= 0.3 is 0 Å². The molecule has 0 aromatic carbocycles. The molecule has 0 saturated heterocycles. The molecular formula is C15H26N3O4S-. The summed E-state index contributed by atoms with van der Waals surface area (Å²) in [5, 5.41) is 2.75. The highest BCUT2D eigenvalue weighted by atomic mass is 32.2. The molecule has 7 nitrogen and oxygen atoms in total. The smallest absolute Gasteiger partial charge is 0.257 e. The van der Waals surface area contributed by atoms with Crippen molar-refractivity contribution in [3.63, 3.8) is 0 Å². The number of carbonyl (C=O) groups is 2. The molecule has 1 aliphatic carbocycles. The first kappa shape index (κ1) is 19.8. The minimum atomic E-state index is -2.72. The molecule has 0 spiro atoms. The van der Waals surface area contributed by atoms with E-state index in [4.69, 9.17) is 0 Å². The molecule has 0 heterocycles. The van der Waals surface area contributed by atoms with Crippen molar-refractivity contribution in [2.24, 2.45) is 11.3 Å². The predicted molar refractivity (Wildman–Crippen MR) is 87.8 cm³/mol. The number of carbonyl (C=O) groups excluding carboxylic acids is 2. The highest BCUT2D eigenvalue weighted by molar-refractivity contribution is 7.77. The summed E-state index contributed by atoms with van der Waals surface area (Å²) in [7, 11) is 3.75. The van der Waals surface area contributed by atoms with E-state index in [-0.39, 0.29) is 11.8 Å². The topological polar surface area (TPSA) is 102 Å². The normalized spacial score (nSPS) is 25.7. The molecule has 1 rings (SSSR count). The van der Waals surface area contributed by atoms with E-state index in [1.807, 2.05) is 37.6 Å². The summed E-state index contributed by atoms with van der Waals surface area (Å²) < 4.78 is 23.3. The van der Waals surface area contributed by atoms with Gasteiger partial charge in [-0.2, -0.15) is 0 Å².